The number of nitrogens with zero attached hydrogens (tertiary/aromatic N) is 3. The Hall–Kier alpha value is -3.51. The summed E-state index contributed by atoms with van der Waals surface area (Å²) in [5.41, 5.74) is 0.436. The van der Waals surface area contributed by atoms with Crippen molar-refractivity contribution in [2.24, 2.45) is 0 Å². The van der Waals surface area contributed by atoms with E-state index in [0.717, 1.165) is 48.4 Å². The summed E-state index contributed by atoms with van der Waals surface area (Å²) in [6.07, 6.45) is 1.01. The van der Waals surface area contributed by atoms with Gasteiger partial charge in [-0.2, -0.15) is 0 Å². The Kier molecular flexibility index (Phi) is 7.03. The molecule has 0 aliphatic carbocycles. The van der Waals surface area contributed by atoms with Gasteiger partial charge in [0.05, 0.1) is 42.8 Å². The third kappa shape index (κ3) is 5.43. The Morgan fingerprint density at radius 2 is 1.66 bits per heavy atom. The monoisotopic (exact) mass is 503 g/mol. The van der Waals surface area contributed by atoms with Crippen LogP contribution in [0.4, 0.5) is 11.4 Å². The number of hydrogen-bond acceptors (Lipinski definition) is 8. The van der Waals surface area contributed by atoms with Gasteiger partial charge in [-0.3, -0.25) is 19.0 Å². The number of piperazine rings is 1. The summed E-state index contributed by atoms with van der Waals surface area (Å²) in [7, 11) is -0.559. The molecule has 1 saturated heterocycles. The molecule has 188 valence electrons. The molecule has 1 aliphatic heterocycles. The second-order valence-corrected chi connectivity index (χ2v) is 10.1. The Bertz CT molecular complexity index is 1440. The van der Waals surface area contributed by atoms with Gasteiger partial charge in [0.25, 0.3) is 5.56 Å². The van der Waals surface area contributed by atoms with E-state index in [2.05, 4.69) is 19.5 Å². The minimum Gasteiger partial charge on any atom is -0.495 e. The van der Waals surface area contributed by atoms with E-state index in [1.807, 2.05) is 24.3 Å². The molecule has 0 radical (unpaired) electrons. The van der Waals surface area contributed by atoms with E-state index in [1.165, 1.54) is 19.2 Å². The van der Waals surface area contributed by atoms with Crippen LogP contribution in [0.5, 0.6) is 11.5 Å². The largest absolute Gasteiger partial charge is 0.495 e. The normalized spacial score (nSPS) is 14.8. The quantitative estimate of drug-likeness (QED) is 0.465. The van der Waals surface area contributed by atoms with Gasteiger partial charge in [0.2, 0.25) is 10.0 Å². The first-order valence-electron chi connectivity index (χ1n) is 11.1. The highest BCUT2D eigenvalue weighted by atomic mass is 32.2. The number of aromatic nitrogens is 2. The predicted octanol–water partition coefficient (Wildman–Crippen LogP) is 0.901. The van der Waals surface area contributed by atoms with Gasteiger partial charge in [-0.05, 0) is 18.2 Å². The maximum atomic E-state index is 13.1. The minimum absolute atomic E-state index is 0.130. The summed E-state index contributed by atoms with van der Waals surface area (Å²) in [5.74, 6) is 1.03. The van der Waals surface area contributed by atoms with E-state index in [-0.39, 0.29) is 28.9 Å². The zero-order chi connectivity index (χ0) is 25.2. The van der Waals surface area contributed by atoms with E-state index >= 15 is 0 Å². The summed E-state index contributed by atoms with van der Waals surface area (Å²) in [4.78, 5) is 33.0. The SMILES string of the molecule is COc1cc2[nH]c(=O)n(CCN3CCN(c4ccccc4OC)CC3)c(=O)c2cc1NS(C)(=O)=O. The molecule has 0 unspecified atom stereocenters. The lowest BCUT2D eigenvalue weighted by atomic mass is 10.2. The van der Waals surface area contributed by atoms with Crippen molar-refractivity contribution >= 4 is 32.3 Å². The van der Waals surface area contributed by atoms with Crippen LogP contribution < -0.4 is 30.3 Å². The topological polar surface area (TPSA) is 126 Å². The fourth-order valence-corrected chi connectivity index (χ4v) is 4.84. The highest BCUT2D eigenvalue weighted by molar-refractivity contribution is 7.92. The van der Waals surface area contributed by atoms with Crippen LogP contribution in [0.15, 0.2) is 46.0 Å². The summed E-state index contributed by atoms with van der Waals surface area (Å²) in [6.45, 7) is 3.88. The van der Waals surface area contributed by atoms with Crippen molar-refractivity contribution in [3.8, 4) is 11.5 Å². The summed E-state index contributed by atoms with van der Waals surface area (Å²) >= 11 is 0. The van der Waals surface area contributed by atoms with Crippen molar-refractivity contribution in [2.75, 3.05) is 62.8 Å². The number of hydrogen-bond donors (Lipinski definition) is 2. The molecule has 11 nitrogen and oxygen atoms in total. The molecule has 2 aromatic carbocycles. The molecular formula is C23H29N5O6S. The molecule has 2 heterocycles. The van der Waals surface area contributed by atoms with E-state index < -0.39 is 21.3 Å². The van der Waals surface area contributed by atoms with Crippen LogP contribution in [-0.4, -0.2) is 76.1 Å². The number of anilines is 2. The second-order valence-electron chi connectivity index (χ2n) is 8.36. The van der Waals surface area contributed by atoms with Crippen LogP contribution >= 0.6 is 0 Å². The van der Waals surface area contributed by atoms with Gasteiger partial charge in [0.15, 0.2) is 0 Å². The molecule has 0 atom stereocenters. The smallest absolute Gasteiger partial charge is 0.328 e. The molecule has 3 aromatic rings. The maximum absolute atomic E-state index is 13.1. The van der Waals surface area contributed by atoms with E-state index in [9.17, 15) is 18.0 Å². The van der Waals surface area contributed by atoms with Gasteiger partial charge in [0.1, 0.15) is 11.5 Å². The molecule has 0 amide bonds. The van der Waals surface area contributed by atoms with Gasteiger partial charge in [-0.25, -0.2) is 13.2 Å². The highest BCUT2D eigenvalue weighted by Gasteiger charge is 2.20. The van der Waals surface area contributed by atoms with Crippen molar-refractivity contribution in [3.05, 3.63) is 57.2 Å². The first-order chi connectivity index (χ1) is 16.7. The third-order valence-electron chi connectivity index (χ3n) is 6.04. The Morgan fingerprint density at radius 3 is 2.31 bits per heavy atom. The van der Waals surface area contributed by atoms with Crippen molar-refractivity contribution in [3.63, 3.8) is 0 Å². The average molecular weight is 504 g/mol. The molecule has 4 rings (SSSR count). The van der Waals surface area contributed by atoms with E-state index in [0.29, 0.717) is 6.54 Å². The zero-order valence-corrected chi connectivity index (χ0v) is 20.7. The lowest BCUT2D eigenvalue weighted by Gasteiger charge is -2.36. The molecule has 2 N–H and O–H groups in total. The first kappa shape index (κ1) is 24.6. The number of methoxy groups -OCH3 is 2. The van der Waals surface area contributed by atoms with Gasteiger partial charge in [-0.15, -0.1) is 0 Å². The van der Waals surface area contributed by atoms with E-state index in [4.69, 9.17) is 9.47 Å². The third-order valence-corrected chi connectivity index (χ3v) is 6.63. The van der Waals surface area contributed by atoms with Gasteiger partial charge >= 0.3 is 5.69 Å². The number of rotatable bonds is 8. The summed E-state index contributed by atoms with van der Waals surface area (Å²) in [5, 5.41) is 0.192. The molecular weight excluding hydrogens is 474 g/mol. The lowest BCUT2D eigenvalue weighted by Crippen LogP contribution is -2.48. The number of aromatic amines is 1. The molecule has 35 heavy (non-hydrogen) atoms. The number of ether oxygens (including phenoxy) is 2. The van der Waals surface area contributed by atoms with Crippen LogP contribution in [0.2, 0.25) is 0 Å². The van der Waals surface area contributed by atoms with Crippen LogP contribution in [0.3, 0.4) is 0 Å². The standard InChI is InChI=1S/C23H29N5O6S/c1-33-20-7-5-4-6-19(20)27-11-8-26(9-12-27)10-13-28-22(29)16-14-18(25-35(3,31)32)21(34-2)15-17(16)24-23(28)30/h4-7,14-15,25H,8-13H2,1-3H3,(H,24,30). The van der Waals surface area contributed by atoms with Gasteiger partial charge in [0, 0.05) is 45.3 Å². The van der Waals surface area contributed by atoms with Crippen molar-refractivity contribution in [2.45, 2.75) is 6.54 Å². The molecule has 1 fully saturated rings. The highest BCUT2D eigenvalue weighted by Crippen LogP contribution is 2.29. The fraction of sp³-hybridized carbons (Fsp3) is 0.391. The number of nitrogens with one attached hydrogen (secondary N) is 2. The second kappa shape index (κ2) is 10.0. The molecule has 0 bridgehead atoms. The Balaban J connectivity index is 1.51. The van der Waals surface area contributed by atoms with Crippen LogP contribution in [-0.2, 0) is 16.6 Å². The summed E-state index contributed by atoms with van der Waals surface area (Å²) in [6, 6.07) is 10.7. The molecule has 0 spiro atoms. The first-order valence-corrected chi connectivity index (χ1v) is 13.0. The van der Waals surface area contributed by atoms with Gasteiger partial charge < -0.3 is 19.4 Å². The molecule has 0 saturated carbocycles. The molecule has 12 heteroatoms. The number of fused-ring (bicyclic) bond motifs is 1. The average Bonchev–Trinajstić information content (AvgIpc) is 2.83. The number of H-pyrrole nitrogens is 1. The lowest BCUT2D eigenvalue weighted by molar-refractivity contribution is 0.245. The van der Waals surface area contributed by atoms with Crippen molar-refractivity contribution < 1.29 is 17.9 Å². The number of para-hydroxylation sites is 2. The van der Waals surface area contributed by atoms with Crippen molar-refractivity contribution in [1.29, 1.82) is 0 Å². The zero-order valence-electron chi connectivity index (χ0n) is 19.9. The Labute approximate surface area is 202 Å². The number of benzene rings is 2. The van der Waals surface area contributed by atoms with Crippen LogP contribution in [0, 0.1) is 0 Å². The predicted molar refractivity (Wildman–Crippen MR) is 135 cm³/mol. The Morgan fingerprint density at radius 1 is 0.971 bits per heavy atom. The van der Waals surface area contributed by atoms with Crippen LogP contribution in [0.1, 0.15) is 0 Å². The van der Waals surface area contributed by atoms with E-state index in [1.54, 1.807) is 7.11 Å². The van der Waals surface area contributed by atoms with Crippen LogP contribution in [0.25, 0.3) is 10.9 Å². The van der Waals surface area contributed by atoms with Gasteiger partial charge in [-0.1, -0.05) is 12.1 Å². The number of sulfonamides is 1. The summed E-state index contributed by atoms with van der Waals surface area (Å²) < 4.78 is 37.6. The maximum Gasteiger partial charge on any atom is 0.328 e. The van der Waals surface area contributed by atoms with Crippen molar-refractivity contribution in [1.82, 2.24) is 14.5 Å². The minimum atomic E-state index is -3.59. The molecule has 1 aromatic heterocycles. The molecule has 1 aliphatic rings. The fourth-order valence-electron chi connectivity index (χ4n) is 4.28.